The number of hydrogen-bond acceptors (Lipinski definition) is 4. The van der Waals surface area contributed by atoms with Crippen molar-refractivity contribution >= 4 is 21.0 Å². The fraction of sp³-hybridized carbons (Fsp3) is 0.500. The number of alkyl halides is 7. The van der Waals surface area contributed by atoms with E-state index in [2.05, 4.69) is 30.3 Å². The molecular weight excluding hydrogens is 726 g/mol. The van der Waals surface area contributed by atoms with Crippen molar-refractivity contribution in [3.63, 3.8) is 0 Å². The Labute approximate surface area is 305 Å². The molecule has 0 aliphatic heterocycles. The van der Waals surface area contributed by atoms with E-state index >= 15 is 4.39 Å². The monoisotopic (exact) mass is 771 g/mol. The molecule has 0 amide bonds. The zero-order valence-corrected chi connectivity index (χ0v) is 30.3. The lowest BCUT2D eigenvalue weighted by atomic mass is 9.85. The van der Waals surface area contributed by atoms with Gasteiger partial charge in [-0.05, 0) is 127 Å². The van der Waals surface area contributed by atoms with Gasteiger partial charge in [0.2, 0.25) is 0 Å². The molecule has 0 spiro atoms. The Hall–Kier alpha value is -3.45. The molecule has 0 heterocycles. The highest BCUT2D eigenvalue weighted by Gasteiger charge is 2.56. The summed E-state index contributed by atoms with van der Waals surface area (Å²) in [7, 11) is -3.95. The molecule has 4 nitrogen and oxygen atoms in total. The van der Waals surface area contributed by atoms with Gasteiger partial charge < -0.3 is 5.11 Å². The van der Waals surface area contributed by atoms with E-state index in [1.807, 2.05) is 12.1 Å². The van der Waals surface area contributed by atoms with E-state index in [0.717, 1.165) is 48.0 Å². The molecule has 2 aliphatic carbocycles. The summed E-state index contributed by atoms with van der Waals surface area (Å²) in [6.07, 6.45) is -4.81. The molecule has 3 aromatic carbocycles. The van der Waals surface area contributed by atoms with Crippen LogP contribution in [0.2, 0.25) is 0 Å². The van der Waals surface area contributed by atoms with E-state index in [1.54, 1.807) is 6.07 Å². The van der Waals surface area contributed by atoms with E-state index in [1.165, 1.54) is 33.2 Å². The molecule has 1 N–H and O–H groups in total. The van der Waals surface area contributed by atoms with Crippen molar-refractivity contribution in [3.8, 4) is 16.9 Å². The average Bonchev–Trinajstić information content (AvgIpc) is 3.36. The van der Waals surface area contributed by atoms with Crippen LogP contribution in [0, 0.1) is 5.82 Å². The van der Waals surface area contributed by atoms with E-state index < -0.39 is 65.1 Å². The van der Waals surface area contributed by atoms with Gasteiger partial charge in [-0.2, -0.15) is 22.0 Å². The van der Waals surface area contributed by atoms with Crippen LogP contribution >= 0.6 is 0 Å². The Morgan fingerprint density at radius 2 is 1.43 bits per heavy atom. The summed E-state index contributed by atoms with van der Waals surface area (Å²) in [4.78, 5) is 1.45. The highest BCUT2D eigenvalue weighted by Crippen LogP contribution is 2.47. The van der Waals surface area contributed by atoms with E-state index in [4.69, 9.17) is 0 Å². The van der Waals surface area contributed by atoms with Gasteiger partial charge in [0.25, 0.3) is 6.43 Å². The number of rotatable bonds is 18. The maximum Gasteiger partial charge on any atom is 0.453 e. The van der Waals surface area contributed by atoms with Crippen LogP contribution < -0.4 is 0 Å². The number of allylic oxidation sites excluding steroid dienone is 2. The van der Waals surface area contributed by atoms with Gasteiger partial charge in [0, 0.05) is 6.42 Å². The zero-order valence-electron chi connectivity index (χ0n) is 29.4. The van der Waals surface area contributed by atoms with Crippen molar-refractivity contribution in [1.29, 1.82) is 0 Å². The second kappa shape index (κ2) is 17.3. The van der Waals surface area contributed by atoms with Crippen LogP contribution in [0.15, 0.2) is 54.6 Å². The van der Waals surface area contributed by atoms with Crippen LogP contribution in [0.1, 0.15) is 92.0 Å². The first-order chi connectivity index (χ1) is 25.1. The fourth-order valence-electron chi connectivity index (χ4n) is 7.66. The van der Waals surface area contributed by atoms with Gasteiger partial charge >= 0.3 is 12.1 Å². The van der Waals surface area contributed by atoms with Gasteiger partial charge in [-0.25, -0.2) is 21.6 Å². The van der Waals surface area contributed by atoms with Crippen molar-refractivity contribution in [3.05, 3.63) is 88.2 Å². The number of phenols is 1. The van der Waals surface area contributed by atoms with Crippen LogP contribution in [-0.4, -0.2) is 68.1 Å². The topological polar surface area (TPSA) is 57.6 Å². The molecule has 0 bridgehead atoms. The summed E-state index contributed by atoms with van der Waals surface area (Å²) in [5, 5.41) is 10.2. The van der Waals surface area contributed by atoms with Crippen molar-refractivity contribution in [2.24, 2.45) is 0 Å². The largest absolute Gasteiger partial charge is 0.505 e. The first-order valence-electron chi connectivity index (χ1n) is 18.2. The molecule has 0 saturated carbocycles. The number of halogens is 8. The number of benzene rings is 3. The number of aromatic hydroxyl groups is 1. The number of nitrogens with zero attached hydrogens (tertiary/aromatic N) is 1. The third-order valence-electron chi connectivity index (χ3n) is 10.2. The summed E-state index contributed by atoms with van der Waals surface area (Å²) in [6.45, 7) is -0.287. The molecule has 53 heavy (non-hydrogen) atoms. The first kappa shape index (κ1) is 40.7. The third-order valence-corrected chi connectivity index (χ3v) is 12.1. The number of sulfone groups is 1. The predicted molar refractivity (Wildman–Crippen MR) is 192 cm³/mol. The number of fused-ring (bicyclic) bond motifs is 4. The molecule has 0 radical (unpaired) electrons. The minimum Gasteiger partial charge on any atom is -0.505 e. The second-order valence-corrected chi connectivity index (χ2v) is 16.4. The minimum absolute atomic E-state index is 0.0121. The quantitative estimate of drug-likeness (QED) is 0.0809. The lowest BCUT2D eigenvalue weighted by Crippen LogP contribution is -2.36. The molecular formula is C40H45F8NO3S. The highest BCUT2D eigenvalue weighted by molar-refractivity contribution is 7.91. The predicted octanol–water partition coefficient (Wildman–Crippen LogP) is 10.6. The highest BCUT2D eigenvalue weighted by atomic mass is 32.2. The Balaban J connectivity index is 1.20. The fourth-order valence-corrected chi connectivity index (χ4v) is 9.02. The summed E-state index contributed by atoms with van der Waals surface area (Å²) in [6, 6.07) is 17.9. The summed E-state index contributed by atoms with van der Waals surface area (Å²) >= 11 is 0. The van der Waals surface area contributed by atoms with Gasteiger partial charge in [-0.3, -0.25) is 4.90 Å². The van der Waals surface area contributed by atoms with Crippen molar-refractivity contribution < 1.29 is 48.6 Å². The smallest absolute Gasteiger partial charge is 0.453 e. The normalized spacial score (nSPS) is 14.8. The number of hydrogen-bond donors (Lipinski definition) is 1. The van der Waals surface area contributed by atoms with Gasteiger partial charge in [0.05, 0.1) is 18.1 Å². The lowest BCUT2D eigenvalue weighted by molar-refractivity contribution is -0.284. The second-order valence-electron chi connectivity index (χ2n) is 14.1. The summed E-state index contributed by atoms with van der Waals surface area (Å²) in [5.74, 6) is -7.30. The Morgan fingerprint density at radius 3 is 2.19 bits per heavy atom. The Bertz CT molecular complexity index is 1870. The van der Waals surface area contributed by atoms with Crippen LogP contribution in [0.5, 0.6) is 5.75 Å². The maximum absolute atomic E-state index is 15.3. The van der Waals surface area contributed by atoms with Crippen LogP contribution in [-0.2, 0) is 22.7 Å². The van der Waals surface area contributed by atoms with E-state index in [9.17, 15) is 44.3 Å². The molecule has 13 heteroatoms. The van der Waals surface area contributed by atoms with Crippen LogP contribution in [0.4, 0.5) is 35.1 Å². The molecule has 290 valence electrons. The van der Waals surface area contributed by atoms with Crippen molar-refractivity contribution in [2.75, 3.05) is 31.1 Å². The molecule has 0 fully saturated rings. The molecule has 3 aromatic rings. The van der Waals surface area contributed by atoms with Crippen LogP contribution in [0.3, 0.4) is 0 Å². The van der Waals surface area contributed by atoms with Gasteiger partial charge in [-0.15, -0.1) is 0 Å². The van der Waals surface area contributed by atoms with Gasteiger partial charge in [-0.1, -0.05) is 61.4 Å². The number of phenolic OH excluding ortho intramolecular Hbond substituents is 1. The van der Waals surface area contributed by atoms with E-state index in [-0.39, 0.29) is 25.3 Å². The lowest BCUT2D eigenvalue weighted by Gasteiger charge is -2.22. The zero-order chi connectivity index (χ0) is 38.4. The molecule has 0 saturated heterocycles. The molecule has 0 aromatic heterocycles. The van der Waals surface area contributed by atoms with Crippen LogP contribution in [0.25, 0.3) is 22.3 Å². The summed E-state index contributed by atoms with van der Waals surface area (Å²) in [5.41, 5.74) is 9.54. The minimum atomic E-state index is -5.76. The molecule has 5 rings (SSSR count). The van der Waals surface area contributed by atoms with Crippen molar-refractivity contribution in [2.45, 2.75) is 95.6 Å². The molecule has 0 atom stereocenters. The SMILES string of the molecule is O=S(=O)(CCCN(CCCCCCC1=C(c2cccc3c2-c2ccccc2C3)CCCc2c1ccc(O)c2F)CC(F)F)CCCC(F)(F)C(F)(F)F. The Kier molecular flexibility index (Phi) is 13.3. The van der Waals surface area contributed by atoms with Gasteiger partial charge in [0.15, 0.2) is 11.6 Å². The average molecular weight is 772 g/mol. The molecule has 2 aliphatic rings. The van der Waals surface area contributed by atoms with Gasteiger partial charge in [0.1, 0.15) is 9.84 Å². The van der Waals surface area contributed by atoms with Crippen molar-refractivity contribution in [1.82, 2.24) is 4.90 Å². The summed E-state index contributed by atoms with van der Waals surface area (Å²) < 4.78 is 130. The Morgan fingerprint density at radius 1 is 0.755 bits per heavy atom. The first-order valence-corrected chi connectivity index (χ1v) is 20.0. The maximum atomic E-state index is 15.3. The standard InChI is InChI=1S/C40H45F8NO3S/c41-36(42)26-49(22-10-24-53(51,52)23-9-20-39(44,45)40(46,47)48)21-6-2-1-3-14-30-31(15-8-17-34-32(30)18-19-35(50)38(34)43)33-16-7-12-28-25-27-11-4-5-13-29(27)37(28)33/h4-5,7,11-13,16,18-19,36,50H,1-3,6,8-10,14-15,17,20-26H2. The van der Waals surface area contributed by atoms with E-state index in [0.29, 0.717) is 37.7 Å². The third kappa shape index (κ3) is 10.2. The number of unbranched alkanes of at least 4 members (excludes halogenated alkanes) is 3. The molecule has 0 unspecified atom stereocenters.